The van der Waals surface area contributed by atoms with Gasteiger partial charge in [0.2, 0.25) is 11.7 Å². The maximum Gasteiger partial charge on any atom is 0.251 e. The fraction of sp³-hybridized carbons (Fsp3) is 0.280. The maximum absolute atomic E-state index is 12.5. The summed E-state index contributed by atoms with van der Waals surface area (Å²) in [5, 5.41) is 3.51. The molecule has 34 heavy (non-hydrogen) atoms. The van der Waals surface area contributed by atoms with Crippen LogP contribution in [-0.4, -0.2) is 53.0 Å². The van der Waals surface area contributed by atoms with E-state index in [4.69, 9.17) is 23.7 Å². The lowest BCUT2D eigenvalue weighted by Gasteiger charge is -2.12. The Bertz CT molecular complexity index is 1240. The van der Waals surface area contributed by atoms with Gasteiger partial charge in [0, 0.05) is 23.6 Å². The number of aromatic nitrogens is 1. The highest BCUT2D eigenvalue weighted by Crippen LogP contribution is 2.38. The average molecular weight is 469 g/mol. The van der Waals surface area contributed by atoms with Crippen molar-refractivity contribution in [3.05, 3.63) is 57.9 Å². The van der Waals surface area contributed by atoms with Crippen molar-refractivity contribution in [3.63, 3.8) is 0 Å². The lowest BCUT2D eigenvalue weighted by Crippen LogP contribution is -2.25. The second-order valence-electron chi connectivity index (χ2n) is 7.22. The Kier molecular flexibility index (Phi) is 8.02. The second kappa shape index (κ2) is 11.1. The number of H-pyrrole nitrogens is 1. The molecule has 0 bridgehead atoms. The van der Waals surface area contributed by atoms with E-state index in [1.807, 2.05) is 0 Å². The molecule has 0 aliphatic heterocycles. The molecule has 3 aromatic rings. The summed E-state index contributed by atoms with van der Waals surface area (Å²) in [5.74, 6) is 2.32. The monoisotopic (exact) mass is 468 g/mol. The van der Waals surface area contributed by atoms with Crippen molar-refractivity contribution in [1.29, 1.82) is 0 Å². The molecule has 0 aliphatic carbocycles. The number of aromatic amines is 1. The lowest BCUT2D eigenvalue weighted by atomic mass is 10.1. The summed E-state index contributed by atoms with van der Waals surface area (Å²) >= 11 is 0. The van der Waals surface area contributed by atoms with Crippen LogP contribution < -0.4 is 34.6 Å². The molecule has 9 nitrogen and oxygen atoms in total. The standard InChI is InChI=1S/C25H28N2O7/c1-30-18-7-8-19(31-2)23-17(18)14-16(25(29)27-23)10-11-26-22(28)9-6-15-12-20(32-3)24(34-5)21(13-15)33-4/h6-9,12-14H,10-11H2,1-5H3,(H,26,28)(H,27,29)/b9-6+. The van der Waals surface area contributed by atoms with Gasteiger partial charge in [0.1, 0.15) is 11.5 Å². The van der Waals surface area contributed by atoms with Crippen molar-refractivity contribution in [2.75, 3.05) is 42.1 Å². The zero-order chi connectivity index (χ0) is 24.7. The summed E-state index contributed by atoms with van der Waals surface area (Å²) in [6.45, 7) is 0.277. The van der Waals surface area contributed by atoms with Gasteiger partial charge in [0.05, 0.1) is 41.1 Å². The molecule has 0 aliphatic rings. The number of rotatable bonds is 10. The van der Waals surface area contributed by atoms with Crippen LogP contribution in [0.15, 0.2) is 41.2 Å². The van der Waals surface area contributed by atoms with Gasteiger partial charge in [0.15, 0.2) is 11.5 Å². The van der Waals surface area contributed by atoms with Gasteiger partial charge >= 0.3 is 0 Å². The first-order chi connectivity index (χ1) is 16.4. The molecule has 1 amide bonds. The SMILES string of the molecule is COc1cc(/C=C/C(=O)NCCc2cc3c(OC)ccc(OC)c3[nH]c2=O)cc(OC)c1OC. The topological polar surface area (TPSA) is 108 Å². The molecule has 0 spiro atoms. The zero-order valence-corrected chi connectivity index (χ0v) is 19.8. The molecule has 180 valence electrons. The molecule has 2 N–H and O–H groups in total. The molecular formula is C25H28N2O7. The van der Waals surface area contributed by atoms with Gasteiger partial charge in [0.25, 0.3) is 5.56 Å². The van der Waals surface area contributed by atoms with Gasteiger partial charge in [-0.2, -0.15) is 0 Å². The van der Waals surface area contributed by atoms with Crippen LogP contribution in [0.2, 0.25) is 0 Å². The van der Waals surface area contributed by atoms with Gasteiger partial charge in [-0.1, -0.05) is 0 Å². The van der Waals surface area contributed by atoms with Gasteiger partial charge in [-0.15, -0.1) is 0 Å². The molecular weight excluding hydrogens is 440 g/mol. The van der Waals surface area contributed by atoms with Crippen LogP contribution in [0.5, 0.6) is 28.7 Å². The Morgan fingerprint density at radius 2 is 1.50 bits per heavy atom. The van der Waals surface area contributed by atoms with Gasteiger partial charge in [-0.05, 0) is 48.4 Å². The quantitative estimate of drug-likeness (QED) is 0.441. The fourth-order valence-corrected chi connectivity index (χ4v) is 3.57. The van der Waals surface area contributed by atoms with Gasteiger partial charge < -0.3 is 34.0 Å². The number of amides is 1. The highest BCUT2D eigenvalue weighted by Gasteiger charge is 2.13. The molecule has 0 unspecified atom stereocenters. The largest absolute Gasteiger partial charge is 0.496 e. The fourth-order valence-electron chi connectivity index (χ4n) is 3.57. The highest BCUT2D eigenvalue weighted by atomic mass is 16.5. The number of benzene rings is 2. The maximum atomic E-state index is 12.5. The third-order valence-corrected chi connectivity index (χ3v) is 5.26. The predicted molar refractivity (Wildman–Crippen MR) is 130 cm³/mol. The zero-order valence-electron chi connectivity index (χ0n) is 19.8. The first-order valence-corrected chi connectivity index (χ1v) is 10.5. The van der Waals surface area contributed by atoms with E-state index in [0.717, 1.165) is 5.39 Å². The van der Waals surface area contributed by atoms with Gasteiger partial charge in [-0.25, -0.2) is 0 Å². The van der Waals surface area contributed by atoms with Crippen LogP contribution in [0.3, 0.4) is 0 Å². The molecule has 1 aromatic heterocycles. The van der Waals surface area contributed by atoms with Crippen molar-refractivity contribution >= 4 is 22.9 Å². The Labute approximate surface area is 197 Å². The molecule has 1 heterocycles. The van der Waals surface area contributed by atoms with Crippen molar-refractivity contribution in [2.45, 2.75) is 6.42 Å². The summed E-state index contributed by atoms with van der Waals surface area (Å²) in [7, 11) is 7.67. The molecule has 0 saturated carbocycles. The van der Waals surface area contributed by atoms with Crippen molar-refractivity contribution < 1.29 is 28.5 Å². The number of hydrogen-bond donors (Lipinski definition) is 2. The Morgan fingerprint density at radius 3 is 2.09 bits per heavy atom. The summed E-state index contributed by atoms with van der Waals surface area (Å²) < 4.78 is 26.7. The molecule has 3 rings (SSSR count). The normalized spacial score (nSPS) is 10.9. The van der Waals surface area contributed by atoms with Crippen LogP contribution in [0.25, 0.3) is 17.0 Å². The van der Waals surface area contributed by atoms with E-state index in [9.17, 15) is 9.59 Å². The third kappa shape index (κ3) is 5.25. The summed E-state index contributed by atoms with van der Waals surface area (Å²) in [4.78, 5) is 27.7. The minimum Gasteiger partial charge on any atom is -0.496 e. The van der Waals surface area contributed by atoms with E-state index in [2.05, 4.69) is 10.3 Å². The van der Waals surface area contributed by atoms with Crippen LogP contribution >= 0.6 is 0 Å². The molecule has 0 radical (unpaired) electrons. The van der Waals surface area contributed by atoms with E-state index in [1.54, 1.807) is 43.5 Å². The summed E-state index contributed by atoms with van der Waals surface area (Å²) in [6, 6.07) is 8.74. The van der Waals surface area contributed by atoms with Crippen LogP contribution in [-0.2, 0) is 11.2 Å². The van der Waals surface area contributed by atoms with E-state index in [1.165, 1.54) is 34.5 Å². The average Bonchev–Trinajstić information content (AvgIpc) is 2.86. The highest BCUT2D eigenvalue weighted by molar-refractivity contribution is 5.92. The lowest BCUT2D eigenvalue weighted by molar-refractivity contribution is -0.116. The number of pyridine rings is 1. The Hall–Kier alpha value is -4.14. The van der Waals surface area contributed by atoms with Crippen LogP contribution in [0, 0.1) is 0 Å². The smallest absolute Gasteiger partial charge is 0.251 e. The van der Waals surface area contributed by atoms with E-state index in [-0.39, 0.29) is 18.0 Å². The van der Waals surface area contributed by atoms with Crippen molar-refractivity contribution in [1.82, 2.24) is 10.3 Å². The van der Waals surface area contributed by atoms with Gasteiger partial charge in [-0.3, -0.25) is 9.59 Å². The third-order valence-electron chi connectivity index (χ3n) is 5.26. The number of carbonyl (C=O) groups is 1. The van der Waals surface area contributed by atoms with Crippen molar-refractivity contribution in [2.24, 2.45) is 0 Å². The number of nitrogens with one attached hydrogen (secondary N) is 2. The Morgan fingerprint density at radius 1 is 0.882 bits per heavy atom. The van der Waals surface area contributed by atoms with Crippen molar-refractivity contribution in [3.8, 4) is 28.7 Å². The van der Waals surface area contributed by atoms with Crippen LogP contribution in [0.1, 0.15) is 11.1 Å². The molecule has 0 fully saturated rings. The first kappa shape index (κ1) is 24.5. The Balaban J connectivity index is 1.70. The number of methoxy groups -OCH3 is 5. The predicted octanol–water partition coefficient (Wildman–Crippen LogP) is 2.94. The minimum atomic E-state index is -0.301. The summed E-state index contributed by atoms with van der Waals surface area (Å²) in [6.07, 6.45) is 3.38. The molecule has 2 aromatic carbocycles. The van der Waals surface area contributed by atoms with Crippen LogP contribution in [0.4, 0.5) is 0 Å². The number of ether oxygens (including phenoxy) is 5. The number of fused-ring (bicyclic) bond motifs is 1. The van der Waals surface area contributed by atoms with E-state index in [0.29, 0.717) is 51.8 Å². The molecule has 0 saturated heterocycles. The number of carbonyl (C=O) groups excluding carboxylic acids is 1. The summed E-state index contributed by atoms with van der Waals surface area (Å²) in [5.41, 5.74) is 1.54. The second-order valence-corrected chi connectivity index (χ2v) is 7.22. The first-order valence-electron chi connectivity index (χ1n) is 10.5. The van der Waals surface area contributed by atoms with E-state index < -0.39 is 0 Å². The molecule has 0 atom stereocenters. The number of hydrogen-bond acceptors (Lipinski definition) is 7. The molecule has 9 heteroatoms. The van der Waals surface area contributed by atoms with E-state index >= 15 is 0 Å². The minimum absolute atomic E-state index is 0.249.